The van der Waals surface area contributed by atoms with E-state index in [4.69, 9.17) is 23.2 Å². The third kappa shape index (κ3) is 8.49. The van der Waals surface area contributed by atoms with Gasteiger partial charge in [0.2, 0.25) is 11.8 Å². The minimum atomic E-state index is -4.16. The Kier molecular flexibility index (Phi) is 10.7. The summed E-state index contributed by atoms with van der Waals surface area (Å²) in [6.45, 7) is 12.4. The number of amides is 2. The fraction of sp³-hybridized carbons (Fsp3) is 0.375. The van der Waals surface area contributed by atoms with E-state index < -0.39 is 34.1 Å². The second-order valence-electron chi connectivity index (χ2n) is 11.6. The Morgan fingerprint density at radius 2 is 1.48 bits per heavy atom. The smallest absolute Gasteiger partial charge is 0.264 e. The third-order valence-electron chi connectivity index (χ3n) is 6.62. The lowest BCUT2D eigenvalue weighted by Crippen LogP contribution is -2.55. The summed E-state index contributed by atoms with van der Waals surface area (Å²) in [5, 5.41) is 3.73. The monoisotopic (exact) mass is 631 g/mol. The minimum Gasteiger partial charge on any atom is -0.350 e. The Morgan fingerprint density at radius 3 is 2.00 bits per heavy atom. The summed E-state index contributed by atoms with van der Waals surface area (Å²) in [6, 6.07) is 15.9. The van der Waals surface area contributed by atoms with Crippen LogP contribution in [0.2, 0.25) is 10.0 Å². The number of aryl methyl sites for hydroxylation is 3. The van der Waals surface area contributed by atoms with Crippen LogP contribution in [0.5, 0.6) is 0 Å². The number of sulfonamides is 1. The number of nitrogens with zero attached hydrogens (tertiary/aromatic N) is 2. The van der Waals surface area contributed by atoms with E-state index >= 15 is 0 Å². The van der Waals surface area contributed by atoms with Gasteiger partial charge in [0, 0.05) is 22.1 Å². The lowest BCUT2D eigenvalue weighted by molar-refractivity contribution is -0.141. The summed E-state index contributed by atoms with van der Waals surface area (Å²) in [6.07, 6.45) is 0.299. The highest BCUT2D eigenvalue weighted by molar-refractivity contribution is 7.92. The molecule has 3 aromatic carbocycles. The van der Waals surface area contributed by atoms with Crippen LogP contribution in [-0.2, 0) is 26.2 Å². The van der Waals surface area contributed by atoms with Crippen molar-refractivity contribution in [1.29, 1.82) is 0 Å². The van der Waals surface area contributed by atoms with Crippen molar-refractivity contribution in [3.05, 3.63) is 93.0 Å². The summed E-state index contributed by atoms with van der Waals surface area (Å²) in [5.41, 5.74) is 3.00. The van der Waals surface area contributed by atoms with Gasteiger partial charge in [-0.1, -0.05) is 60.0 Å². The van der Waals surface area contributed by atoms with Gasteiger partial charge in [-0.3, -0.25) is 13.9 Å². The number of rotatable bonds is 10. The van der Waals surface area contributed by atoms with Gasteiger partial charge < -0.3 is 10.2 Å². The quantitative estimate of drug-likeness (QED) is 0.265. The van der Waals surface area contributed by atoms with Gasteiger partial charge >= 0.3 is 0 Å². The van der Waals surface area contributed by atoms with Crippen molar-refractivity contribution in [3.8, 4) is 0 Å². The molecule has 0 aliphatic rings. The molecule has 3 rings (SSSR count). The summed E-state index contributed by atoms with van der Waals surface area (Å²) < 4.78 is 29.3. The van der Waals surface area contributed by atoms with E-state index in [1.807, 2.05) is 47.6 Å². The Bertz CT molecular complexity index is 1530. The maximum Gasteiger partial charge on any atom is 0.264 e. The fourth-order valence-electron chi connectivity index (χ4n) is 4.67. The number of hydrogen-bond acceptors (Lipinski definition) is 4. The van der Waals surface area contributed by atoms with E-state index in [2.05, 4.69) is 5.32 Å². The fourth-order valence-corrected chi connectivity index (χ4v) is 6.53. The molecule has 0 spiro atoms. The van der Waals surface area contributed by atoms with Gasteiger partial charge in [0.15, 0.2) is 0 Å². The van der Waals surface area contributed by atoms with Crippen molar-refractivity contribution in [1.82, 2.24) is 10.2 Å². The zero-order valence-corrected chi connectivity index (χ0v) is 27.5. The van der Waals surface area contributed by atoms with E-state index in [9.17, 15) is 18.0 Å². The van der Waals surface area contributed by atoms with Crippen molar-refractivity contribution < 1.29 is 18.0 Å². The minimum absolute atomic E-state index is 0.0177. The van der Waals surface area contributed by atoms with Crippen LogP contribution in [0.4, 0.5) is 5.69 Å². The van der Waals surface area contributed by atoms with Crippen molar-refractivity contribution in [2.24, 2.45) is 0 Å². The van der Waals surface area contributed by atoms with E-state index in [1.165, 1.54) is 17.0 Å². The Hall–Kier alpha value is -3.07. The maximum atomic E-state index is 14.3. The first-order valence-corrected chi connectivity index (χ1v) is 15.9. The van der Waals surface area contributed by atoms with E-state index in [0.29, 0.717) is 27.7 Å². The molecule has 0 radical (unpaired) electrons. The predicted molar refractivity (Wildman–Crippen MR) is 171 cm³/mol. The standard InChI is InChI=1S/C32H39Cl2N3O4S/c1-8-29(31(39)35-32(5,6)7)36(19-24-11-12-25(33)18-28(24)34)30(38)20-37(26-16-22(3)15-23(4)17-26)42(40,41)27-13-9-21(2)10-14-27/h9-18,29H,8,19-20H2,1-7H3,(H,35,39)/t29-/m0/s1. The number of halogens is 2. The average molecular weight is 633 g/mol. The molecule has 0 heterocycles. The summed E-state index contributed by atoms with van der Waals surface area (Å²) >= 11 is 12.6. The molecule has 3 aromatic rings. The van der Waals surface area contributed by atoms with Crippen LogP contribution in [-0.4, -0.2) is 43.3 Å². The van der Waals surface area contributed by atoms with Gasteiger partial charge in [-0.2, -0.15) is 0 Å². The molecule has 0 aliphatic carbocycles. The second kappa shape index (κ2) is 13.5. The van der Waals surface area contributed by atoms with E-state index in [1.54, 1.807) is 49.4 Å². The maximum absolute atomic E-state index is 14.3. The topological polar surface area (TPSA) is 86.8 Å². The molecule has 1 N–H and O–H groups in total. The molecule has 0 saturated carbocycles. The van der Waals surface area contributed by atoms with E-state index in [0.717, 1.165) is 21.0 Å². The Morgan fingerprint density at radius 1 is 0.881 bits per heavy atom. The second-order valence-corrected chi connectivity index (χ2v) is 14.3. The molecule has 0 unspecified atom stereocenters. The summed E-state index contributed by atoms with van der Waals surface area (Å²) in [4.78, 5) is 29.2. The normalized spacial score (nSPS) is 12.5. The number of carbonyl (C=O) groups is 2. The SMILES string of the molecule is CC[C@@H](C(=O)NC(C)(C)C)N(Cc1ccc(Cl)cc1Cl)C(=O)CN(c1cc(C)cc(C)c1)S(=O)(=O)c1ccc(C)cc1. The van der Waals surface area contributed by atoms with Crippen molar-refractivity contribution in [2.75, 3.05) is 10.8 Å². The third-order valence-corrected chi connectivity index (χ3v) is 9.00. The van der Waals surface area contributed by atoms with Crippen LogP contribution in [0, 0.1) is 20.8 Å². The number of anilines is 1. The number of benzene rings is 3. The zero-order chi connectivity index (χ0) is 31.4. The molecule has 1 atom stereocenters. The first-order valence-electron chi connectivity index (χ1n) is 13.7. The molecule has 0 saturated heterocycles. The van der Waals surface area contributed by atoms with Crippen molar-refractivity contribution >= 4 is 50.7 Å². The van der Waals surface area contributed by atoms with Crippen LogP contribution >= 0.6 is 23.2 Å². The highest BCUT2D eigenvalue weighted by Crippen LogP contribution is 2.28. The van der Waals surface area contributed by atoms with E-state index in [-0.39, 0.29) is 17.3 Å². The van der Waals surface area contributed by atoms with Gasteiger partial charge in [0.1, 0.15) is 12.6 Å². The van der Waals surface area contributed by atoms with Crippen LogP contribution in [0.3, 0.4) is 0 Å². The molecule has 10 heteroatoms. The first-order chi connectivity index (χ1) is 19.5. The molecule has 2 amide bonds. The van der Waals surface area contributed by atoms with Crippen LogP contribution in [0.25, 0.3) is 0 Å². The molecule has 226 valence electrons. The zero-order valence-electron chi connectivity index (χ0n) is 25.2. The van der Waals surface area contributed by atoms with Gasteiger partial charge in [0.05, 0.1) is 10.6 Å². The van der Waals surface area contributed by atoms with Crippen LogP contribution in [0.1, 0.15) is 56.4 Å². The number of hydrogen-bond donors (Lipinski definition) is 1. The first kappa shape index (κ1) is 33.4. The molecule has 0 bridgehead atoms. The Labute approximate surface area is 259 Å². The van der Waals surface area contributed by atoms with Crippen LogP contribution in [0.15, 0.2) is 65.6 Å². The number of carbonyl (C=O) groups excluding carboxylic acids is 2. The number of nitrogens with one attached hydrogen (secondary N) is 1. The van der Waals surface area contributed by atoms with Gasteiger partial charge in [-0.05, 0) is 101 Å². The molecular weight excluding hydrogens is 593 g/mol. The summed E-state index contributed by atoms with van der Waals surface area (Å²) in [5.74, 6) is -0.894. The highest BCUT2D eigenvalue weighted by atomic mass is 35.5. The highest BCUT2D eigenvalue weighted by Gasteiger charge is 2.35. The average Bonchev–Trinajstić information content (AvgIpc) is 2.86. The molecule has 7 nitrogen and oxygen atoms in total. The van der Waals surface area contributed by atoms with Crippen LogP contribution < -0.4 is 9.62 Å². The van der Waals surface area contributed by atoms with Gasteiger partial charge in [-0.15, -0.1) is 0 Å². The van der Waals surface area contributed by atoms with Gasteiger partial charge in [0.25, 0.3) is 10.0 Å². The predicted octanol–water partition coefficient (Wildman–Crippen LogP) is 6.84. The van der Waals surface area contributed by atoms with Crippen molar-refractivity contribution in [3.63, 3.8) is 0 Å². The largest absolute Gasteiger partial charge is 0.350 e. The lowest BCUT2D eigenvalue weighted by Gasteiger charge is -2.35. The van der Waals surface area contributed by atoms with Gasteiger partial charge in [-0.25, -0.2) is 8.42 Å². The molecule has 0 aromatic heterocycles. The molecule has 0 aliphatic heterocycles. The molecule has 42 heavy (non-hydrogen) atoms. The molecular formula is C32H39Cl2N3O4S. The molecule has 0 fully saturated rings. The van der Waals surface area contributed by atoms with Crippen molar-refractivity contribution in [2.45, 2.75) is 77.9 Å². The Balaban J connectivity index is 2.13. The lowest BCUT2D eigenvalue weighted by atomic mass is 10.1. The summed E-state index contributed by atoms with van der Waals surface area (Å²) in [7, 11) is -4.16.